The molecule has 0 heterocycles. The molecule has 7 nitrogen and oxygen atoms in total. The molecule has 0 aliphatic heterocycles. The minimum absolute atomic E-state index is 0.0551. The lowest BCUT2D eigenvalue weighted by Gasteiger charge is -2.25. The summed E-state index contributed by atoms with van der Waals surface area (Å²) < 4.78 is 5.63. The molecule has 7 heteroatoms. The van der Waals surface area contributed by atoms with Gasteiger partial charge in [-0.3, -0.25) is 9.59 Å². The number of hydrogen-bond donors (Lipinski definition) is 3. The molecule has 2 aromatic carbocycles. The Morgan fingerprint density at radius 1 is 1.03 bits per heavy atom. The fourth-order valence-electron chi connectivity index (χ4n) is 5.10. The molecule has 0 radical (unpaired) electrons. The Hall–Kier alpha value is -3.35. The number of carboxylic acids is 1. The van der Waals surface area contributed by atoms with Gasteiger partial charge in [0.05, 0.1) is 5.92 Å². The lowest BCUT2D eigenvalue weighted by Crippen LogP contribution is -2.52. The van der Waals surface area contributed by atoms with E-state index in [4.69, 9.17) is 4.74 Å². The summed E-state index contributed by atoms with van der Waals surface area (Å²) >= 11 is 0. The van der Waals surface area contributed by atoms with Crippen LogP contribution in [-0.4, -0.2) is 41.8 Å². The summed E-state index contributed by atoms with van der Waals surface area (Å²) in [7, 11) is 0. The van der Waals surface area contributed by atoms with Crippen LogP contribution in [0.3, 0.4) is 0 Å². The zero-order chi connectivity index (χ0) is 24.2. The van der Waals surface area contributed by atoms with E-state index < -0.39 is 24.0 Å². The van der Waals surface area contributed by atoms with E-state index in [2.05, 4.69) is 34.9 Å². The first-order valence-corrected chi connectivity index (χ1v) is 12.0. The van der Waals surface area contributed by atoms with Crippen molar-refractivity contribution in [3.05, 3.63) is 59.7 Å². The predicted octanol–water partition coefficient (Wildman–Crippen LogP) is 4.31. The fourth-order valence-corrected chi connectivity index (χ4v) is 5.10. The second-order valence-electron chi connectivity index (χ2n) is 9.39. The zero-order valence-corrected chi connectivity index (χ0v) is 19.6. The molecule has 2 aromatic rings. The highest BCUT2D eigenvalue weighted by Gasteiger charge is 2.34. The van der Waals surface area contributed by atoms with Gasteiger partial charge in [0.1, 0.15) is 12.6 Å². The van der Waals surface area contributed by atoms with Gasteiger partial charge in [-0.15, -0.1) is 0 Å². The summed E-state index contributed by atoms with van der Waals surface area (Å²) in [4.78, 5) is 36.9. The van der Waals surface area contributed by atoms with E-state index in [0.717, 1.165) is 22.3 Å². The van der Waals surface area contributed by atoms with Crippen LogP contribution in [0.15, 0.2) is 48.5 Å². The number of fused-ring (bicyclic) bond motifs is 3. The number of carbonyl (C=O) groups excluding carboxylic acids is 2. The molecular formula is C27H32N2O5. The summed E-state index contributed by atoms with van der Waals surface area (Å²) in [6, 6.07) is 15.3. The van der Waals surface area contributed by atoms with Crippen molar-refractivity contribution in [3.63, 3.8) is 0 Å². The van der Waals surface area contributed by atoms with Crippen LogP contribution in [0.2, 0.25) is 0 Å². The number of rotatable bonds is 8. The van der Waals surface area contributed by atoms with Gasteiger partial charge in [-0.2, -0.15) is 0 Å². The molecule has 2 aliphatic rings. The molecule has 4 atom stereocenters. The molecule has 0 bridgehead atoms. The van der Waals surface area contributed by atoms with Crippen molar-refractivity contribution in [1.29, 1.82) is 0 Å². The van der Waals surface area contributed by atoms with Crippen molar-refractivity contribution in [3.8, 4) is 11.1 Å². The standard InChI is InChI=1S/C27H32N2O5/c1-3-16(2)24(25(30)28-18-13-12-17(14-18)26(31)32)29-27(33)34-15-23-21-10-6-4-8-19(21)20-9-5-7-11-22(20)23/h4-11,16-18,23-24H,3,12-15H2,1-2H3,(H,28,30)(H,29,33)(H,31,32). The van der Waals surface area contributed by atoms with Crippen molar-refractivity contribution < 1.29 is 24.2 Å². The maximum absolute atomic E-state index is 13.0. The first-order chi connectivity index (χ1) is 16.4. The van der Waals surface area contributed by atoms with Gasteiger partial charge < -0.3 is 20.5 Å². The molecule has 2 amide bonds. The number of hydrogen-bond acceptors (Lipinski definition) is 4. The monoisotopic (exact) mass is 464 g/mol. The summed E-state index contributed by atoms with van der Waals surface area (Å²) in [5, 5.41) is 14.9. The van der Waals surface area contributed by atoms with Gasteiger partial charge in [0.25, 0.3) is 0 Å². The molecule has 180 valence electrons. The maximum Gasteiger partial charge on any atom is 0.407 e. The van der Waals surface area contributed by atoms with Crippen LogP contribution in [0.4, 0.5) is 4.79 Å². The van der Waals surface area contributed by atoms with Crippen molar-refractivity contribution in [1.82, 2.24) is 10.6 Å². The van der Waals surface area contributed by atoms with Gasteiger partial charge in [0, 0.05) is 12.0 Å². The number of amides is 2. The molecular weight excluding hydrogens is 432 g/mol. The van der Waals surface area contributed by atoms with Crippen LogP contribution in [0, 0.1) is 11.8 Å². The van der Waals surface area contributed by atoms with E-state index in [-0.39, 0.29) is 30.4 Å². The Balaban J connectivity index is 1.38. The summed E-state index contributed by atoms with van der Waals surface area (Å²) in [6.45, 7) is 4.04. The first-order valence-electron chi connectivity index (χ1n) is 12.0. The highest BCUT2D eigenvalue weighted by atomic mass is 16.5. The molecule has 34 heavy (non-hydrogen) atoms. The average Bonchev–Trinajstić information content (AvgIpc) is 3.43. The van der Waals surface area contributed by atoms with Crippen LogP contribution < -0.4 is 10.6 Å². The van der Waals surface area contributed by atoms with Gasteiger partial charge in [0.15, 0.2) is 0 Å². The molecule has 2 aliphatic carbocycles. The minimum atomic E-state index is -0.827. The zero-order valence-electron chi connectivity index (χ0n) is 19.6. The Morgan fingerprint density at radius 2 is 1.65 bits per heavy atom. The minimum Gasteiger partial charge on any atom is -0.481 e. The quantitative estimate of drug-likeness (QED) is 0.540. The molecule has 0 aromatic heterocycles. The third-order valence-electron chi connectivity index (χ3n) is 7.24. The molecule has 0 saturated heterocycles. The number of benzene rings is 2. The van der Waals surface area contributed by atoms with Crippen LogP contribution in [-0.2, 0) is 14.3 Å². The number of carboxylic acid groups (broad SMARTS) is 1. The smallest absolute Gasteiger partial charge is 0.407 e. The number of alkyl carbamates (subject to hydrolysis) is 1. The van der Waals surface area contributed by atoms with Crippen LogP contribution in [0.5, 0.6) is 0 Å². The number of nitrogens with one attached hydrogen (secondary N) is 2. The van der Waals surface area contributed by atoms with Crippen molar-refractivity contribution in [2.24, 2.45) is 11.8 Å². The van der Waals surface area contributed by atoms with Gasteiger partial charge >= 0.3 is 12.1 Å². The third kappa shape index (κ3) is 4.93. The largest absolute Gasteiger partial charge is 0.481 e. The normalized spacial score (nSPS) is 20.6. The second kappa shape index (κ2) is 10.3. The number of aliphatic carboxylic acids is 1. The SMILES string of the molecule is CCC(C)C(NC(=O)OCC1c2ccccc2-c2ccccc21)C(=O)NC1CCC(C(=O)O)C1. The Labute approximate surface area is 199 Å². The van der Waals surface area contributed by atoms with E-state index in [1.54, 1.807) is 0 Å². The molecule has 4 rings (SSSR count). The van der Waals surface area contributed by atoms with Crippen LogP contribution in [0.1, 0.15) is 56.6 Å². The average molecular weight is 465 g/mol. The second-order valence-corrected chi connectivity index (χ2v) is 9.39. The third-order valence-corrected chi connectivity index (χ3v) is 7.24. The van der Waals surface area contributed by atoms with Crippen LogP contribution >= 0.6 is 0 Å². The summed E-state index contributed by atoms with van der Waals surface area (Å²) in [5.41, 5.74) is 4.56. The lowest BCUT2D eigenvalue weighted by molar-refractivity contribution is -0.141. The summed E-state index contributed by atoms with van der Waals surface area (Å²) in [6.07, 6.45) is 1.66. The first kappa shape index (κ1) is 23.8. The molecule has 0 spiro atoms. The number of ether oxygens (including phenoxy) is 1. The van der Waals surface area contributed by atoms with Crippen molar-refractivity contribution in [2.45, 2.75) is 57.5 Å². The highest BCUT2D eigenvalue weighted by Crippen LogP contribution is 2.44. The van der Waals surface area contributed by atoms with E-state index in [1.165, 1.54) is 0 Å². The molecule has 1 fully saturated rings. The van der Waals surface area contributed by atoms with E-state index >= 15 is 0 Å². The Kier molecular flexibility index (Phi) is 7.20. The van der Waals surface area contributed by atoms with Crippen molar-refractivity contribution in [2.75, 3.05) is 6.61 Å². The Bertz CT molecular complexity index is 1020. The fraction of sp³-hybridized carbons (Fsp3) is 0.444. The topological polar surface area (TPSA) is 105 Å². The van der Waals surface area contributed by atoms with E-state index in [9.17, 15) is 19.5 Å². The van der Waals surface area contributed by atoms with Crippen molar-refractivity contribution >= 4 is 18.0 Å². The van der Waals surface area contributed by atoms with Crippen LogP contribution in [0.25, 0.3) is 11.1 Å². The number of carbonyl (C=O) groups is 3. The molecule has 3 N–H and O–H groups in total. The van der Waals surface area contributed by atoms with E-state index in [1.807, 2.05) is 38.1 Å². The molecule has 1 saturated carbocycles. The van der Waals surface area contributed by atoms with Gasteiger partial charge in [-0.05, 0) is 47.4 Å². The highest BCUT2D eigenvalue weighted by molar-refractivity contribution is 5.86. The predicted molar refractivity (Wildman–Crippen MR) is 128 cm³/mol. The Morgan fingerprint density at radius 3 is 2.21 bits per heavy atom. The van der Waals surface area contributed by atoms with Gasteiger partial charge in [-0.25, -0.2) is 4.79 Å². The molecule has 4 unspecified atom stereocenters. The van der Waals surface area contributed by atoms with E-state index in [0.29, 0.717) is 25.7 Å². The van der Waals surface area contributed by atoms with Gasteiger partial charge in [-0.1, -0.05) is 68.8 Å². The lowest BCUT2D eigenvalue weighted by atomic mass is 9.97. The van der Waals surface area contributed by atoms with Gasteiger partial charge in [0.2, 0.25) is 5.91 Å². The maximum atomic E-state index is 13.0. The summed E-state index contributed by atoms with van der Waals surface area (Å²) in [5.74, 6) is -1.70.